The number of hydrogen-bond acceptors (Lipinski definition) is 4. The van der Waals surface area contributed by atoms with Crippen LogP contribution in [0.2, 0.25) is 0 Å². The Morgan fingerprint density at radius 1 is 1.15 bits per heavy atom. The molecule has 27 heavy (non-hydrogen) atoms. The molecular formula is C21H21N3O2S. The summed E-state index contributed by atoms with van der Waals surface area (Å²) in [6, 6.07) is 13.7. The van der Waals surface area contributed by atoms with Gasteiger partial charge in [0.1, 0.15) is 0 Å². The van der Waals surface area contributed by atoms with Gasteiger partial charge in [-0.3, -0.25) is 14.7 Å². The molecule has 1 fully saturated rings. The molecule has 1 N–H and O–H groups in total. The fourth-order valence-corrected chi connectivity index (χ4v) is 4.52. The Morgan fingerprint density at radius 3 is 2.67 bits per heavy atom. The highest BCUT2D eigenvalue weighted by atomic mass is 32.1. The van der Waals surface area contributed by atoms with Crippen molar-refractivity contribution in [2.45, 2.75) is 25.7 Å². The van der Waals surface area contributed by atoms with Gasteiger partial charge in [-0.05, 0) is 37.5 Å². The van der Waals surface area contributed by atoms with Crippen LogP contribution in [0, 0.1) is 0 Å². The fraction of sp³-hybridized carbons (Fsp3) is 0.286. The second-order valence-electron chi connectivity index (χ2n) is 6.87. The number of aromatic nitrogens is 2. The number of hydrogen-bond donors (Lipinski definition) is 1. The van der Waals surface area contributed by atoms with E-state index in [2.05, 4.69) is 22.3 Å². The number of aromatic amines is 1. The first-order valence-corrected chi connectivity index (χ1v) is 9.94. The summed E-state index contributed by atoms with van der Waals surface area (Å²) in [5.74, 6) is 0.242. The van der Waals surface area contributed by atoms with E-state index in [0.717, 1.165) is 36.2 Å². The van der Waals surface area contributed by atoms with Crippen molar-refractivity contribution in [2.75, 3.05) is 13.1 Å². The number of likely N-dealkylation sites (tertiary alicyclic amines) is 1. The number of H-pyrrole nitrogens is 1. The van der Waals surface area contributed by atoms with E-state index in [0.29, 0.717) is 16.3 Å². The third kappa shape index (κ3) is 3.57. The van der Waals surface area contributed by atoms with Crippen LogP contribution in [-0.4, -0.2) is 39.9 Å². The lowest BCUT2D eigenvalue weighted by Gasteiger charge is -2.32. The van der Waals surface area contributed by atoms with Crippen LogP contribution in [-0.2, 0) is 0 Å². The monoisotopic (exact) mass is 379 g/mol. The van der Waals surface area contributed by atoms with E-state index in [1.165, 1.54) is 18.3 Å². The Bertz CT molecular complexity index is 961. The third-order valence-electron chi connectivity index (χ3n) is 5.03. The second-order valence-corrected chi connectivity index (χ2v) is 7.96. The van der Waals surface area contributed by atoms with Gasteiger partial charge in [-0.1, -0.05) is 30.3 Å². The van der Waals surface area contributed by atoms with Crippen molar-refractivity contribution in [3.05, 3.63) is 64.1 Å². The zero-order valence-electron chi connectivity index (χ0n) is 15.1. The number of piperidine rings is 1. The molecule has 1 atom stereocenters. The molecule has 5 nitrogen and oxygen atoms in total. The maximum Gasteiger partial charge on any atom is 0.263 e. The molecule has 1 amide bonds. The van der Waals surface area contributed by atoms with Crippen LogP contribution in [0.15, 0.2) is 48.7 Å². The molecule has 1 unspecified atom stereocenters. The summed E-state index contributed by atoms with van der Waals surface area (Å²) in [6.07, 6.45) is 3.84. The average molecular weight is 379 g/mol. The van der Waals surface area contributed by atoms with Gasteiger partial charge >= 0.3 is 0 Å². The van der Waals surface area contributed by atoms with Crippen molar-refractivity contribution in [1.29, 1.82) is 0 Å². The number of ketones is 1. The second kappa shape index (κ2) is 7.48. The van der Waals surface area contributed by atoms with Crippen molar-refractivity contribution in [1.82, 2.24) is 15.1 Å². The highest BCUT2D eigenvalue weighted by Crippen LogP contribution is 2.33. The highest BCUT2D eigenvalue weighted by Gasteiger charge is 2.29. The first-order valence-electron chi connectivity index (χ1n) is 9.12. The van der Waals surface area contributed by atoms with Gasteiger partial charge in [-0.15, -0.1) is 11.3 Å². The van der Waals surface area contributed by atoms with Crippen molar-refractivity contribution < 1.29 is 9.59 Å². The summed E-state index contributed by atoms with van der Waals surface area (Å²) in [4.78, 5) is 27.6. The van der Waals surface area contributed by atoms with Gasteiger partial charge in [0.25, 0.3) is 5.91 Å². The van der Waals surface area contributed by atoms with E-state index >= 15 is 0 Å². The molecule has 3 heterocycles. The van der Waals surface area contributed by atoms with Crippen LogP contribution < -0.4 is 0 Å². The number of carbonyl (C=O) groups excluding carboxylic acids is 2. The van der Waals surface area contributed by atoms with E-state index in [9.17, 15) is 9.59 Å². The molecule has 1 aliphatic heterocycles. The molecule has 0 radical (unpaired) electrons. The molecule has 0 spiro atoms. The highest BCUT2D eigenvalue weighted by molar-refractivity contribution is 7.15. The molecule has 138 valence electrons. The van der Waals surface area contributed by atoms with Gasteiger partial charge in [0.15, 0.2) is 5.78 Å². The topological polar surface area (TPSA) is 66.1 Å². The number of benzene rings is 1. The lowest BCUT2D eigenvalue weighted by atomic mass is 9.90. The van der Waals surface area contributed by atoms with Crippen LogP contribution in [0.1, 0.15) is 50.7 Å². The summed E-state index contributed by atoms with van der Waals surface area (Å²) in [5, 5.41) is 7.42. The Hall–Kier alpha value is -2.73. The Balaban J connectivity index is 1.54. The minimum absolute atomic E-state index is 0.000494. The summed E-state index contributed by atoms with van der Waals surface area (Å²) in [6.45, 7) is 2.94. The van der Waals surface area contributed by atoms with Crippen molar-refractivity contribution in [2.24, 2.45) is 0 Å². The Morgan fingerprint density at radius 2 is 1.93 bits per heavy atom. The summed E-state index contributed by atoms with van der Waals surface area (Å²) in [5.41, 5.74) is 3.33. The first-order chi connectivity index (χ1) is 13.1. The van der Waals surface area contributed by atoms with Crippen LogP contribution in [0.5, 0.6) is 0 Å². The van der Waals surface area contributed by atoms with Gasteiger partial charge in [-0.2, -0.15) is 5.10 Å². The smallest absolute Gasteiger partial charge is 0.263 e. The minimum atomic E-state index is 0.000494. The number of thiophene rings is 1. The van der Waals surface area contributed by atoms with Gasteiger partial charge < -0.3 is 4.90 Å². The van der Waals surface area contributed by atoms with Crippen molar-refractivity contribution in [3.63, 3.8) is 0 Å². The van der Waals surface area contributed by atoms with E-state index in [4.69, 9.17) is 0 Å². The maximum absolute atomic E-state index is 12.9. The first kappa shape index (κ1) is 17.7. The Kier molecular flexibility index (Phi) is 4.90. The lowest BCUT2D eigenvalue weighted by Crippen LogP contribution is -2.39. The number of rotatable bonds is 4. The normalized spacial score (nSPS) is 17.1. The zero-order chi connectivity index (χ0) is 18.8. The maximum atomic E-state index is 12.9. The quantitative estimate of drug-likeness (QED) is 0.685. The molecule has 1 aliphatic rings. The molecule has 3 aromatic rings. The zero-order valence-corrected chi connectivity index (χ0v) is 16.0. The van der Waals surface area contributed by atoms with E-state index in [1.54, 1.807) is 12.1 Å². The minimum Gasteiger partial charge on any atom is -0.337 e. The van der Waals surface area contributed by atoms with Crippen LogP contribution in [0.3, 0.4) is 0 Å². The number of Topliss-reactive ketones (excluding diaryl/α,β-unsaturated/α-hetero) is 1. The number of carbonyl (C=O) groups is 2. The number of nitrogens with one attached hydrogen (secondary N) is 1. The molecule has 1 aromatic carbocycles. The summed E-state index contributed by atoms with van der Waals surface area (Å²) < 4.78 is 0. The molecule has 1 saturated heterocycles. The SMILES string of the molecule is CC(=O)c1ccc(C(=O)N2CCCC(c3[nH]ncc3-c3ccccc3)C2)s1. The van der Waals surface area contributed by atoms with Crippen LogP contribution >= 0.6 is 11.3 Å². The third-order valence-corrected chi connectivity index (χ3v) is 6.21. The predicted molar refractivity (Wildman–Crippen MR) is 106 cm³/mol. The predicted octanol–water partition coefficient (Wildman–Crippen LogP) is 4.36. The molecule has 0 bridgehead atoms. The average Bonchev–Trinajstić information content (AvgIpc) is 3.38. The van der Waals surface area contributed by atoms with E-state index < -0.39 is 0 Å². The molecule has 2 aromatic heterocycles. The van der Waals surface area contributed by atoms with Crippen LogP contribution in [0.25, 0.3) is 11.1 Å². The molecule has 4 rings (SSSR count). The van der Waals surface area contributed by atoms with Crippen molar-refractivity contribution >= 4 is 23.0 Å². The molecule has 0 aliphatic carbocycles. The molecule has 0 saturated carbocycles. The van der Waals surface area contributed by atoms with Gasteiger partial charge in [-0.25, -0.2) is 0 Å². The number of amides is 1. The van der Waals surface area contributed by atoms with Crippen molar-refractivity contribution in [3.8, 4) is 11.1 Å². The molecular weight excluding hydrogens is 358 g/mol. The molecule has 6 heteroatoms. The van der Waals surface area contributed by atoms with E-state index in [1.807, 2.05) is 29.3 Å². The van der Waals surface area contributed by atoms with E-state index in [-0.39, 0.29) is 17.6 Å². The van der Waals surface area contributed by atoms with Gasteiger partial charge in [0.05, 0.1) is 16.0 Å². The fourth-order valence-electron chi connectivity index (χ4n) is 3.65. The summed E-state index contributed by atoms with van der Waals surface area (Å²) >= 11 is 1.28. The number of nitrogens with zero attached hydrogens (tertiary/aromatic N) is 2. The van der Waals surface area contributed by atoms with Gasteiger partial charge in [0, 0.05) is 30.3 Å². The lowest BCUT2D eigenvalue weighted by molar-refractivity contribution is 0.0711. The standard InChI is InChI=1S/C21H21N3O2S/c1-14(25)18-9-10-19(27-18)21(26)24-11-5-8-16(13-24)20-17(12-22-23-20)15-6-3-2-4-7-15/h2-4,6-7,9-10,12,16H,5,8,11,13H2,1H3,(H,22,23). The van der Waals surface area contributed by atoms with Gasteiger partial charge in [0.2, 0.25) is 0 Å². The Labute approximate surface area is 162 Å². The van der Waals surface area contributed by atoms with Crippen LogP contribution in [0.4, 0.5) is 0 Å². The summed E-state index contributed by atoms with van der Waals surface area (Å²) in [7, 11) is 0. The largest absolute Gasteiger partial charge is 0.337 e.